The number of halogens is 4. The second kappa shape index (κ2) is 7.52. The van der Waals surface area contributed by atoms with Crippen molar-refractivity contribution in [2.45, 2.75) is 11.6 Å². The lowest BCUT2D eigenvalue weighted by molar-refractivity contribution is -0.122. The first-order valence-corrected chi connectivity index (χ1v) is 6.42. The minimum atomic E-state index is -4.22. The van der Waals surface area contributed by atoms with Crippen molar-refractivity contribution in [2.24, 2.45) is 0 Å². The molecule has 1 aliphatic heterocycles. The lowest BCUT2D eigenvalue weighted by atomic mass is 10.3. The highest BCUT2D eigenvalue weighted by molar-refractivity contribution is 8.00. The molecule has 0 bridgehead atoms. The van der Waals surface area contributed by atoms with Crippen molar-refractivity contribution in [3.63, 3.8) is 0 Å². The van der Waals surface area contributed by atoms with E-state index in [1.165, 1.54) is 0 Å². The largest absolute Gasteiger partial charge is 0.441 e. The van der Waals surface area contributed by atoms with Gasteiger partial charge in [-0.05, 0) is 11.8 Å². The molecule has 0 spiro atoms. The first-order chi connectivity index (χ1) is 6.99. The molecule has 3 nitrogen and oxygen atoms in total. The Morgan fingerprint density at radius 2 is 2.25 bits per heavy atom. The summed E-state index contributed by atoms with van der Waals surface area (Å²) >= 11 is 1.47. The topological polar surface area (TPSA) is 41.1 Å². The quantitative estimate of drug-likeness (QED) is 0.770. The standard InChI is InChI=1S/C7H11F3N2OS2.ClH/c8-7(9,10)15-2-1-11-6(13)5-3-14-4-12-5;/h5,12H,1-4H2,(H,11,13);1H. The Bertz CT molecular complexity index is 224. The van der Waals surface area contributed by atoms with Crippen LogP contribution in [0.3, 0.4) is 0 Å². The first-order valence-electron chi connectivity index (χ1n) is 4.28. The number of alkyl halides is 3. The molecule has 9 heteroatoms. The molecular formula is C7H12ClF3N2OS2. The Morgan fingerprint density at radius 1 is 1.56 bits per heavy atom. The Hall–Kier alpha value is 0.210. The van der Waals surface area contributed by atoms with Gasteiger partial charge in [-0.15, -0.1) is 24.2 Å². The molecule has 0 aliphatic carbocycles. The van der Waals surface area contributed by atoms with Crippen molar-refractivity contribution >= 4 is 41.8 Å². The van der Waals surface area contributed by atoms with Crippen LogP contribution < -0.4 is 10.6 Å². The van der Waals surface area contributed by atoms with Crippen LogP contribution in [-0.2, 0) is 4.79 Å². The molecule has 1 rings (SSSR count). The Morgan fingerprint density at radius 3 is 2.75 bits per heavy atom. The molecule has 96 valence electrons. The molecule has 1 unspecified atom stereocenters. The fourth-order valence-corrected chi connectivity index (χ4v) is 2.41. The molecule has 0 saturated carbocycles. The van der Waals surface area contributed by atoms with Crippen LogP contribution in [0, 0.1) is 0 Å². The van der Waals surface area contributed by atoms with Crippen LogP contribution >= 0.6 is 35.9 Å². The second-order valence-electron chi connectivity index (χ2n) is 2.86. The third kappa shape index (κ3) is 6.72. The molecule has 1 heterocycles. The van der Waals surface area contributed by atoms with Gasteiger partial charge in [-0.25, -0.2) is 0 Å². The Labute approximate surface area is 106 Å². The molecule has 16 heavy (non-hydrogen) atoms. The third-order valence-electron chi connectivity index (χ3n) is 1.70. The molecule has 2 N–H and O–H groups in total. The van der Waals surface area contributed by atoms with E-state index >= 15 is 0 Å². The van der Waals surface area contributed by atoms with Gasteiger partial charge in [0.15, 0.2) is 0 Å². The van der Waals surface area contributed by atoms with Gasteiger partial charge in [0, 0.05) is 23.9 Å². The van der Waals surface area contributed by atoms with Gasteiger partial charge in [-0.2, -0.15) is 13.2 Å². The lowest BCUT2D eigenvalue weighted by Crippen LogP contribution is -2.42. The van der Waals surface area contributed by atoms with Gasteiger partial charge < -0.3 is 5.32 Å². The van der Waals surface area contributed by atoms with E-state index in [1.54, 1.807) is 11.8 Å². The van der Waals surface area contributed by atoms with Crippen molar-refractivity contribution in [3.05, 3.63) is 0 Å². The summed E-state index contributed by atoms with van der Waals surface area (Å²) in [6.07, 6.45) is 0. The highest BCUT2D eigenvalue weighted by Gasteiger charge is 2.28. The maximum atomic E-state index is 11.7. The number of thioether (sulfide) groups is 2. The summed E-state index contributed by atoms with van der Waals surface area (Å²) in [5.41, 5.74) is -4.22. The zero-order valence-electron chi connectivity index (χ0n) is 8.17. The summed E-state index contributed by atoms with van der Waals surface area (Å²) in [5.74, 6) is 1.03. The van der Waals surface area contributed by atoms with E-state index in [9.17, 15) is 18.0 Å². The van der Waals surface area contributed by atoms with E-state index < -0.39 is 5.51 Å². The van der Waals surface area contributed by atoms with Crippen molar-refractivity contribution in [2.75, 3.05) is 23.9 Å². The molecule has 1 aliphatic rings. The number of hydrogen-bond donors (Lipinski definition) is 2. The van der Waals surface area contributed by atoms with E-state index in [2.05, 4.69) is 10.6 Å². The van der Waals surface area contributed by atoms with Gasteiger partial charge in [0.25, 0.3) is 0 Å². The second-order valence-corrected chi connectivity index (χ2v) is 5.05. The van der Waals surface area contributed by atoms with Crippen LogP contribution in [0.5, 0.6) is 0 Å². The minimum Gasteiger partial charge on any atom is -0.354 e. The van der Waals surface area contributed by atoms with E-state index in [0.29, 0.717) is 5.75 Å². The van der Waals surface area contributed by atoms with Crippen LogP contribution in [0.4, 0.5) is 13.2 Å². The molecular weight excluding hydrogens is 285 g/mol. The third-order valence-corrected chi connectivity index (χ3v) is 3.38. The van der Waals surface area contributed by atoms with Crippen LogP contribution in [-0.4, -0.2) is 41.4 Å². The van der Waals surface area contributed by atoms with Gasteiger partial charge in [0.1, 0.15) is 0 Å². The zero-order chi connectivity index (χ0) is 11.3. The average Bonchev–Trinajstić information content (AvgIpc) is 2.63. The summed E-state index contributed by atoms with van der Waals surface area (Å²) in [5, 5.41) is 5.40. The fraction of sp³-hybridized carbons (Fsp3) is 0.857. The van der Waals surface area contributed by atoms with Crippen molar-refractivity contribution < 1.29 is 18.0 Å². The van der Waals surface area contributed by atoms with Gasteiger partial charge in [-0.3, -0.25) is 10.1 Å². The Kier molecular flexibility index (Phi) is 7.62. The summed E-state index contributed by atoms with van der Waals surface area (Å²) in [7, 11) is 0. The smallest absolute Gasteiger partial charge is 0.354 e. The summed E-state index contributed by atoms with van der Waals surface area (Å²) in [4.78, 5) is 11.3. The number of hydrogen-bond acceptors (Lipinski definition) is 4. The highest BCUT2D eigenvalue weighted by atomic mass is 35.5. The van der Waals surface area contributed by atoms with Crippen molar-refractivity contribution in [1.82, 2.24) is 10.6 Å². The SMILES string of the molecule is Cl.O=C(NCCSC(F)(F)F)C1CSCN1. The number of amides is 1. The predicted molar refractivity (Wildman–Crippen MR) is 63.0 cm³/mol. The van der Waals surface area contributed by atoms with E-state index in [1.807, 2.05) is 0 Å². The van der Waals surface area contributed by atoms with Gasteiger partial charge in [0.2, 0.25) is 5.91 Å². The fourth-order valence-electron chi connectivity index (χ4n) is 1.03. The Balaban J connectivity index is 0.00000225. The van der Waals surface area contributed by atoms with Crippen LogP contribution in [0.15, 0.2) is 0 Å². The molecule has 0 radical (unpaired) electrons. The molecule has 1 amide bonds. The maximum Gasteiger partial charge on any atom is 0.441 e. The lowest BCUT2D eigenvalue weighted by Gasteiger charge is -2.10. The average molecular weight is 297 g/mol. The van der Waals surface area contributed by atoms with Gasteiger partial charge >= 0.3 is 5.51 Å². The van der Waals surface area contributed by atoms with Crippen LogP contribution in [0.2, 0.25) is 0 Å². The number of rotatable bonds is 4. The number of nitrogens with one attached hydrogen (secondary N) is 2. The summed E-state index contributed by atoms with van der Waals surface area (Å²) in [6.45, 7) is 0.0475. The highest BCUT2D eigenvalue weighted by Crippen LogP contribution is 2.29. The maximum absolute atomic E-state index is 11.7. The van der Waals surface area contributed by atoms with Crippen LogP contribution in [0.1, 0.15) is 0 Å². The summed E-state index contributed by atoms with van der Waals surface area (Å²) < 4.78 is 35.1. The molecule has 1 saturated heterocycles. The first kappa shape index (κ1) is 16.2. The number of carbonyl (C=O) groups is 1. The van der Waals surface area contributed by atoms with Gasteiger partial charge in [-0.1, -0.05) is 0 Å². The normalized spacial score (nSPS) is 20.3. The molecule has 0 aromatic rings. The van der Waals surface area contributed by atoms with E-state index in [4.69, 9.17) is 0 Å². The van der Waals surface area contributed by atoms with Gasteiger partial charge in [0.05, 0.1) is 6.04 Å². The van der Waals surface area contributed by atoms with Crippen molar-refractivity contribution in [3.8, 4) is 0 Å². The monoisotopic (exact) mass is 296 g/mol. The predicted octanol–water partition coefficient (Wildman–Crippen LogP) is 1.44. The zero-order valence-corrected chi connectivity index (χ0v) is 10.6. The van der Waals surface area contributed by atoms with Crippen molar-refractivity contribution in [1.29, 1.82) is 0 Å². The number of carbonyl (C=O) groups excluding carboxylic acids is 1. The molecule has 1 fully saturated rings. The van der Waals surface area contributed by atoms with Crippen LogP contribution in [0.25, 0.3) is 0 Å². The van der Waals surface area contributed by atoms with E-state index in [0.717, 1.165) is 5.88 Å². The molecule has 0 aromatic carbocycles. The van der Waals surface area contributed by atoms with E-state index in [-0.39, 0.29) is 48.4 Å². The molecule has 1 atom stereocenters. The molecule has 0 aromatic heterocycles. The summed E-state index contributed by atoms with van der Waals surface area (Å²) in [6, 6.07) is -0.258. The minimum absolute atomic E-state index is 0.